The summed E-state index contributed by atoms with van der Waals surface area (Å²) in [4.78, 5) is 25.5. The number of aryl methyl sites for hydroxylation is 1. The van der Waals surface area contributed by atoms with E-state index in [9.17, 15) is 14.9 Å². The van der Waals surface area contributed by atoms with Gasteiger partial charge in [0.1, 0.15) is 11.4 Å². The summed E-state index contributed by atoms with van der Waals surface area (Å²) in [6.07, 6.45) is 1.16. The number of nitrogens with zero attached hydrogens (tertiary/aromatic N) is 4. The molecule has 0 aliphatic carbocycles. The van der Waals surface area contributed by atoms with Gasteiger partial charge in [-0.25, -0.2) is 0 Å². The Balaban J connectivity index is 1.73. The summed E-state index contributed by atoms with van der Waals surface area (Å²) in [5.74, 6) is 1.12. The number of rotatable bonds is 4. The molecule has 1 aliphatic heterocycles. The third-order valence-corrected chi connectivity index (χ3v) is 5.22. The van der Waals surface area contributed by atoms with Crippen LogP contribution in [-0.2, 0) is 6.54 Å². The van der Waals surface area contributed by atoms with Crippen molar-refractivity contribution in [3.63, 3.8) is 0 Å². The van der Waals surface area contributed by atoms with Crippen LogP contribution in [0.3, 0.4) is 0 Å². The van der Waals surface area contributed by atoms with Crippen molar-refractivity contribution in [2.45, 2.75) is 40.7 Å². The predicted molar refractivity (Wildman–Crippen MR) is 103 cm³/mol. The van der Waals surface area contributed by atoms with Crippen LogP contribution < -0.4 is 0 Å². The molecule has 1 amide bonds. The maximum Gasteiger partial charge on any atom is 0.312 e. The van der Waals surface area contributed by atoms with E-state index in [1.54, 1.807) is 18.5 Å². The molecule has 0 N–H and O–H groups in total. The van der Waals surface area contributed by atoms with Gasteiger partial charge in [0.2, 0.25) is 0 Å². The first-order valence-electron chi connectivity index (χ1n) is 9.32. The average Bonchev–Trinajstić information content (AvgIpc) is 2.87. The van der Waals surface area contributed by atoms with Gasteiger partial charge >= 0.3 is 5.69 Å². The number of hydrogen-bond donors (Lipinski definition) is 0. The van der Waals surface area contributed by atoms with Crippen molar-refractivity contribution in [1.82, 2.24) is 14.7 Å². The highest BCUT2D eigenvalue weighted by atomic mass is 16.6. The Morgan fingerprint density at radius 3 is 2.30 bits per heavy atom. The summed E-state index contributed by atoms with van der Waals surface area (Å²) in [5, 5.41) is 15.4. The van der Waals surface area contributed by atoms with E-state index in [0.29, 0.717) is 35.3 Å². The quantitative estimate of drug-likeness (QED) is 0.608. The van der Waals surface area contributed by atoms with E-state index in [4.69, 9.17) is 0 Å². The zero-order valence-electron chi connectivity index (χ0n) is 16.3. The lowest BCUT2D eigenvalue weighted by atomic mass is 9.91. The van der Waals surface area contributed by atoms with Crippen molar-refractivity contribution < 1.29 is 9.72 Å². The minimum Gasteiger partial charge on any atom is -0.338 e. The maximum absolute atomic E-state index is 12.8. The molecule has 2 heterocycles. The number of carbonyl (C=O) groups is 1. The zero-order chi connectivity index (χ0) is 19.7. The Labute approximate surface area is 159 Å². The van der Waals surface area contributed by atoms with Gasteiger partial charge in [-0.3, -0.25) is 19.6 Å². The molecule has 27 heavy (non-hydrogen) atoms. The molecule has 0 bridgehead atoms. The lowest BCUT2D eigenvalue weighted by Gasteiger charge is -2.35. The molecular formula is C20H26N4O3. The van der Waals surface area contributed by atoms with Crippen molar-refractivity contribution in [3.8, 4) is 0 Å². The van der Waals surface area contributed by atoms with Crippen molar-refractivity contribution >= 4 is 11.6 Å². The van der Waals surface area contributed by atoms with E-state index >= 15 is 0 Å². The number of piperidine rings is 1. The molecule has 1 aromatic heterocycles. The van der Waals surface area contributed by atoms with E-state index in [-0.39, 0.29) is 11.6 Å². The first-order valence-corrected chi connectivity index (χ1v) is 9.32. The van der Waals surface area contributed by atoms with Crippen LogP contribution in [0.25, 0.3) is 0 Å². The van der Waals surface area contributed by atoms with Crippen LogP contribution in [0.2, 0.25) is 0 Å². The summed E-state index contributed by atoms with van der Waals surface area (Å²) in [5.41, 5.74) is 2.65. The van der Waals surface area contributed by atoms with Gasteiger partial charge in [-0.2, -0.15) is 5.10 Å². The number of hydrogen-bond acceptors (Lipinski definition) is 4. The maximum atomic E-state index is 12.8. The Hall–Kier alpha value is -2.70. The lowest BCUT2D eigenvalue weighted by molar-refractivity contribution is -0.386. The second kappa shape index (κ2) is 7.50. The second-order valence-corrected chi connectivity index (χ2v) is 7.79. The number of aromatic nitrogens is 2. The molecule has 7 nitrogen and oxygen atoms in total. The third-order valence-electron chi connectivity index (χ3n) is 5.22. The van der Waals surface area contributed by atoms with E-state index in [2.05, 4.69) is 18.9 Å². The molecule has 1 saturated heterocycles. The van der Waals surface area contributed by atoms with Crippen LogP contribution in [0.1, 0.15) is 47.6 Å². The number of nitro groups is 1. The Morgan fingerprint density at radius 1 is 1.19 bits per heavy atom. The van der Waals surface area contributed by atoms with Crippen LogP contribution in [0.15, 0.2) is 24.3 Å². The normalized spacial score (nSPS) is 19.9. The largest absolute Gasteiger partial charge is 0.338 e. The molecule has 0 radical (unpaired) electrons. The van der Waals surface area contributed by atoms with Gasteiger partial charge in [-0.1, -0.05) is 26.0 Å². The van der Waals surface area contributed by atoms with E-state index in [1.807, 2.05) is 29.2 Å². The summed E-state index contributed by atoms with van der Waals surface area (Å²) in [6, 6.07) is 7.46. The van der Waals surface area contributed by atoms with Crippen LogP contribution in [0, 0.1) is 35.8 Å². The predicted octanol–water partition coefficient (Wildman–Crippen LogP) is 3.57. The first kappa shape index (κ1) is 19.1. The standard InChI is InChI=1S/C20H26N4O3/c1-13-9-14(2)11-22(10-13)20(25)18-7-5-17(6-8-18)12-23-16(4)19(24(26)27)15(3)21-23/h5-8,13-14H,9-12H2,1-4H3. The molecule has 0 spiro atoms. The summed E-state index contributed by atoms with van der Waals surface area (Å²) >= 11 is 0. The molecular weight excluding hydrogens is 344 g/mol. The van der Waals surface area contributed by atoms with Gasteiger partial charge < -0.3 is 4.90 Å². The molecule has 2 unspecified atom stereocenters. The van der Waals surface area contributed by atoms with Crippen molar-refractivity contribution in [3.05, 3.63) is 56.9 Å². The molecule has 2 aromatic rings. The van der Waals surface area contributed by atoms with E-state index in [1.165, 1.54) is 0 Å². The van der Waals surface area contributed by atoms with Gasteiger partial charge in [0.05, 0.1) is 11.5 Å². The van der Waals surface area contributed by atoms with Gasteiger partial charge in [-0.05, 0) is 49.8 Å². The topological polar surface area (TPSA) is 81.3 Å². The van der Waals surface area contributed by atoms with Crippen LogP contribution in [0.5, 0.6) is 0 Å². The molecule has 1 aromatic carbocycles. The Kier molecular flexibility index (Phi) is 5.30. The third kappa shape index (κ3) is 4.02. The summed E-state index contributed by atoms with van der Waals surface area (Å²) < 4.78 is 1.64. The van der Waals surface area contributed by atoms with Gasteiger partial charge in [0.25, 0.3) is 5.91 Å². The highest BCUT2D eigenvalue weighted by molar-refractivity contribution is 5.94. The smallest absolute Gasteiger partial charge is 0.312 e. The number of amides is 1. The van der Waals surface area contributed by atoms with Gasteiger partial charge in [-0.15, -0.1) is 0 Å². The molecule has 0 saturated carbocycles. The fraction of sp³-hybridized carbons (Fsp3) is 0.500. The fourth-order valence-electron chi connectivity index (χ4n) is 4.04. The van der Waals surface area contributed by atoms with Crippen LogP contribution >= 0.6 is 0 Å². The molecule has 144 valence electrons. The van der Waals surface area contributed by atoms with Crippen molar-refractivity contribution in [2.75, 3.05) is 13.1 Å². The Morgan fingerprint density at radius 2 is 1.78 bits per heavy atom. The average molecular weight is 370 g/mol. The lowest BCUT2D eigenvalue weighted by Crippen LogP contribution is -2.42. The minimum atomic E-state index is -0.392. The van der Waals surface area contributed by atoms with Gasteiger partial charge in [0.15, 0.2) is 0 Å². The monoisotopic (exact) mass is 370 g/mol. The van der Waals surface area contributed by atoms with Crippen molar-refractivity contribution in [2.24, 2.45) is 11.8 Å². The zero-order valence-corrected chi connectivity index (χ0v) is 16.3. The molecule has 2 atom stereocenters. The molecule has 7 heteroatoms. The van der Waals surface area contributed by atoms with E-state index in [0.717, 1.165) is 25.1 Å². The van der Waals surface area contributed by atoms with Crippen LogP contribution in [0.4, 0.5) is 5.69 Å². The molecule has 1 fully saturated rings. The highest BCUT2D eigenvalue weighted by Gasteiger charge is 2.26. The minimum absolute atomic E-state index is 0.0649. The summed E-state index contributed by atoms with van der Waals surface area (Å²) in [6.45, 7) is 9.77. The summed E-state index contributed by atoms with van der Waals surface area (Å²) in [7, 11) is 0. The molecule has 1 aliphatic rings. The van der Waals surface area contributed by atoms with Gasteiger partial charge in [0, 0.05) is 18.7 Å². The first-order chi connectivity index (χ1) is 12.8. The molecule has 3 rings (SSSR count). The SMILES string of the molecule is Cc1nn(Cc2ccc(C(=O)N3CC(C)CC(C)C3)cc2)c(C)c1[N+](=O)[O-]. The highest BCUT2D eigenvalue weighted by Crippen LogP contribution is 2.24. The van der Waals surface area contributed by atoms with Crippen LogP contribution in [-0.4, -0.2) is 38.6 Å². The number of likely N-dealkylation sites (tertiary alicyclic amines) is 1. The fourth-order valence-corrected chi connectivity index (χ4v) is 4.04. The Bertz CT molecular complexity index is 847. The van der Waals surface area contributed by atoms with E-state index < -0.39 is 4.92 Å². The number of benzene rings is 1. The second-order valence-electron chi connectivity index (χ2n) is 7.79. The number of carbonyl (C=O) groups excluding carboxylic acids is 1. The van der Waals surface area contributed by atoms with Crippen molar-refractivity contribution in [1.29, 1.82) is 0 Å².